The Labute approximate surface area is 139 Å². The van der Waals surface area contributed by atoms with Crippen molar-refractivity contribution in [1.82, 2.24) is 4.90 Å². The second-order valence-electron chi connectivity index (χ2n) is 5.21. The number of likely N-dealkylation sites (tertiary alicyclic amines) is 1. The van der Waals surface area contributed by atoms with Crippen molar-refractivity contribution in [1.29, 1.82) is 0 Å². The second-order valence-corrected chi connectivity index (χ2v) is 7.92. The van der Waals surface area contributed by atoms with Crippen molar-refractivity contribution in [3.63, 3.8) is 0 Å². The zero-order chi connectivity index (χ0) is 15.8. The zero-order valence-corrected chi connectivity index (χ0v) is 14.1. The van der Waals surface area contributed by atoms with Gasteiger partial charge in [0.05, 0.1) is 0 Å². The summed E-state index contributed by atoms with van der Waals surface area (Å²) in [5.74, 6) is 0.850. The monoisotopic (exact) mass is 339 g/mol. The quantitative estimate of drug-likeness (QED) is 0.583. The van der Waals surface area contributed by atoms with Crippen LogP contribution in [0.4, 0.5) is 0 Å². The van der Waals surface area contributed by atoms with Crippen LogP contribution in [0.1, 0.15) is 24.8 Å². The van der Waals surface area contributed by atoms with E-state index >= 15 is 0 Å². The van der Waals surface area contributed by atoms with Crippen LogP contribution in [0.2, 0.25) is 0 Å². The molecule has 0 aromatic heterocycles. The van der Waals surface area contributed by atoms with Gasteiger partial charge in [-0.3, -0.25) is 4.79 Å². The van der Waals surface area contributed by atoms with Gasteiger partial charge in [0.1, 0.15) is 6.04 Å². The highest BCUT2D eigenvalue weighted by atomic mass is 33.1. The molecule has 120 valence electrons. The minimum absolute atomic E-state index is 0.0268. The Morgan fingerprint density at radius 3 is 2.64 bits per heavy atom. The van der Waals surface area contributed by atoms with E-state index in [2.05, 4.69) is 12.1 Å². The predicted molar refractivity (Wildman–Crippen MR) is 92.0 cm³/mol. The van der Waals surface area contributed by atoms with Gasteiger partial charge < -0.3 is 10.0 Å². The molecule has 0 radical (unpaired) electrons. The Balaban J connectivity index is 1.58. The molecule has 0 aliphatic carbocycles. The first-order chi connectivity index (χ1) is 10.7. The third-order valence-corrected chi connectivity index (χ3v) is 6.07. The molecule has 0 saturated carbocycles. The van der Waals surface area contributed by atoms with Crippen molar-refractivity contribution in [3.05, 3.63) is 35.9 Å². The molecule has 1 aromatic rings. The van der Waals surface area contributed by atoms with E-state index in [1.165, 1.54) is 10.5 Å². The number of rotatable bonds is 8. The largest absolute Gasteiger partial charge is 0.480 e. The lowest BCUT2D eigenvalue weighted by molar-refractivity contribution is -0.148. The van der Waals surface area contributed by atoms with E-state index < -0.39 is 12.0 Å². The van der Waals surface area contributed by atoms with Crippen LogP contribution in [0.25, 0.3) is 0 Å². The molecular weight excluding hydrogens is 318 g/mol. The van der Waals surface area contributed by atoms with Gasteiger partial charge in [0.2, 0.25) is 5.91 Å². The molecule has 1 aliphatic rings. The number of hydrogen-bond acceptors (Lipinski definition) is 4. The number of hydrogen-bond donors (Lipinski definition) is 1. The Morgan fingerprint density at radius 1 is 1.18 bits per heavy atom. The van der Waals surface area contributed by atoms with E-state index in [4.69, 9.17) is 5.11 Å². The maximum absolute atomic E-state index is 12.1. The van der Waals surface area contributed by atoms with Crippen LogP contribution in [-0.4, -0.2) is 46.0 Å². The maximum atomic E-state index is 12.1. The van der Waals surface area contributed by atoms with Crippen molar-refractivity contribution in [2.24, 2.45) is 0 Å². The summed E-state index contributed by atoms with van der Waals surface area (Å²) >= 11 is 0. The fourth-order valence-electron chi connectivity index (χ4n) is 2.52. The highest BCUT2D eigenvalue weighted by Crippen LogP contribution is 2.25. The lowest BCUT2D eigenvalue weighted by atomic mass is 10.2. The number of carboxylic acid groups (broad SMARTS) is 1. The van der Waals surface area contributed by atoms with E-state index in [1.807, 2.05) is 18.2 Å². The summed E-state index contributed by atoms with van der Waals surface area (Å²) in [6.07, 6.45) is 2.83. The Bertz CT molecular complexity index is 495. The third-order valence-electron chi connectivity index (χ3n) is 3.66. The van der Waals surface area contributed by atoms with Crippen molar-refractivity contribution < 1.29 is 14.7 Å². The van der Waals surface area contributed by atoms with E-state index in [-0.39, 0.29) is 5.91 Å². The van der Waals surface area contributed by atoms with Crippen LogP contribution in [0.3, 0.4) is 0 Å². The van der Waals surface area contributed by atoms with E-state index in [9.17, 15) is 9.59 Å². The lowest BCUT2D eigenvalue weighted by Gasteiger charge is -2.21. The van der Waals surface area contributed by atoms with Crippen LogP contribution < -0.4 is 0 Å². The van der Waals surface area contributed by atoms with Gasteiger partial charge in [-0.05, 0) is 24.8 Å². The molecule has 0 spiro atoms. The van der Waals surface area contributed by atoms with Gasteiger partial charge in [-0.2, -0.15) is 0 Å². The van der Waals surface area contributed by atoms with Crippen molar-refractivity contribution in [3.8, 4) is 0 Å². The number of nitrogens with zero attached hydrogens (tertiary/aromatic N) is 1. The van der Waals surface area contributed by atoms with Crippen LogP contribution >= 0.6 is 21.6 Å². The summed E-state index contributed by atoms with van der Waals surface area (Å²) in [5, 5.41) is 9.08. The topological polar surface area (TPSA) is 57.6 Å². The average molecular weight is 339 g/mol. The highest BCUT2D eigenvalue weighted by molar-refractivity contribution is 8.76. The summed E-state index contributed by atoms with van der Waals surface area (Å²) in [7, 11) is 3.46. The van der Waals surface area contributed by atoms with E-state index in [0.717, 1.165) is 24.3 Å². The number of carbonyl (C=O) groups excluding carboxylic acids is 1. The normalized spacial score (nSPS) is 17.6. The predicted octanol–water partition coefficient (Wildman–Crippen LogP) is 3.08. The van der Waals surface area contributed by atoms with E-state index in [0.29, 0.717) is 19.4 Å². The Hall–Kier alpha value is -1.14. The molecular formula is C16H21NO3S2. The summed E-state index contributed by atoms with van der Waals surface area (Å²) in [6.45, 7) is 0.585. The van der Waals surface area contributed by atoms with Crippen molar-refractivity contribution in [2.45, 2.75) is 31.7 Å². The SMILES string of the molecule is O=C(O)[C@@H]1CCCN1C(=O)CCSSCCc1ccccc1. The van der Waals surface area contributed by atoms with Crippen LogP contribution in [-0.2, 0) is 16.0 Å². The van der Waals surface area contributed by atoms with Gasteiger partial charge in [0.25, 0.3) is 0 Å². The Morgan fingerprint density at radius 2 is 1.91 bits per heavy atom. The van der Waals surface area contributed by atoms with Crippen LogP contribution in [0, 0.1) is 0 Å². The fourth-order valence-corrected chi connectivity index (χ4v) is 4.54. The molecule has 1 fully saturated rings. The number of benzene rings is 1. The molecule has 1 amide bonds. The number of amides is 1. The number of aliphatic carboxylic acids is 1. The first-order valence-corrected chi connectivity index (χ1v) is 9.98. The van der Waals surface area contributed by atoms with Crippen molar-refractivity contribution in [2.75, 3.05) is 18.1 Å². The first kappa shape index (κ1) is 17.2. The fraction of sp³-hybridized carbons (Fsp3) is 0.500. The van der Waals surface area contributed by atoms with Crippen molar-refractivity contribution >= 4 is 33.5 Å². The van der Waals surface area contributed by atoms with E-state index in [1.54, 1.807) is 21.6 Å². The van der Waals surface area contributed by atoms with Gasteiger partial charge in [-0.1, -0.05) is 51.9 Å². The molecule has 1 atom stereocenters. The summed E-state index contributed by atoms with van der Waals surface area (Å²) in [5.41, 5.74) is 1.33. The van der Waals surface area contributed by atoms with Gasteiger partial charge in [0.15, 0.2) is 0 Å². The van der Waals surface area contributed by atoms with Gasteiger partial charge >= 0.3 is 5.97 Å². The van der Waals surface area contributed by atoms with Gasteiger partial charge in [0, 0.05) is 24.5 Å². The minimum atomic E-state index is -0.879. The van der Waals surface area contributed by atoms with Gasteiger partial charge in [-0.15, -0.1) is 0 Å². The second kappa shape index (κ2) is 9.10. The first-order valence-electron chi connectivity index (χ1n) is 7.49. The Kier molecular flexibility index (Phi) is 7.12. The molecule has 1 N–H and O–H groups in total. The zero-order valence-electron chi connectivity index (χ0n) is 12.4. The molecule has 1 aliphatic heterocycles. The molecule has 1 saturated heterocycles. The molecule has 6 heteroatoms. The lowest BCUT2D eigenvalue weighted by Crippen LogP contribution is -2.40. The number of carboxylic acids is 1. The maximum Gasteiger partial charge on any atom is 0.326 e. The summed E-state index contributed by atoms with van der Waals surface area (Å²) in [4.78, 5) is 24.6. The van der Waals surface area contributed by atoms with Gasteiger partial charge in [-0.25, -0.2) is 4.79 Å². The van der Waals surface area contributed by atoms with Crippen LogP contribution in [0.5, 0.6) is 0 Å². The third kappa shape index (κ3) is 5.25. The average Bonchev–Trinajstić information content (AvgIpc) is 3.01. The molecule has 1 heterocycles. The standard InChI is InChI=1S/C16H21NO3S2/c18-15(17-10-4-7-14(17)16(19)20)9-12-22-21-11-8-13-5-2-1-3-6-13/h1-3,5-6,14H,4,7-12H2,(H,19,20)/t14-/m0/s1. The minimum Gasteiger partial charge on any atom is -0.480 e. The molecule has 0 unspecified atom stereocenters. The highest BCUT2D eigenvalue weighted by Gasteiger charge is 2.33. The summed E-state index contributed by atoms with van der Waals surface area (Å²) < 4.78 is 0. The molecule has 0 bridgehead atoms. The molecule has 1 aromatic carbocycles. The molecule has 22 heavy (non-hydrogen) atoms. The van der Waals surface area contributed by atoms with Crippen LogP contribution in [0.15, 0.2) is 30.3 Å². The molecule has 4 nitrogen and oxygen atoms in total. The smallest absolute Gasteiger partial charge is 0.326 e. The number of aryl methyl sites for hydroxylation is 1. The number of carbonyl (C=O) groups is 2. The molecule has 2 rings (SSSR count). The summed E-state index contributed by atoms with van der Waals surface area (Å²) in [6, 6.07) is 9.73.